The van der Waals surface area contributed by atoms with Crippen molar-refractivity contribution in [2.75, 3.05) is 12.3 Å². The number of anilines is 1. The number of hydrogen-bond donors (Lipinski definition) is 2. The van der Waals surface area contributed by atoms with E-state index in [2.05, 4.69) is 15.0 Å². The third-order valence-corrected chi connectivity index (χ3v) is 4.25. The van der Waals surface area contributed by atoms with Crippen LogP contribution in [-0.2, 0) is 4.74 Å². The number of aliphatic hydroxyl groups excluding tert-OH is 1. The highest BCUT2D eigenvalue weighted by atomic mass is 16.5. The average molecular weight is 361 g/mol. The van der Waals surface area contributed by atoms with E-state index in [0.29, 0.717) is 17.0 Å². The van der Waals surface area contributed by atoms with Crippen LogP contribution in [0.3, 0.4) is 0 Å². The Balaban J connectivity index is 1.71. The highest BCUT2D eigenvalue weighted by Crippen LogP contribution is 2.25. The number of rotatable bonds is 6. The number of allylic oxidation sites excluding steroid dienone is 10. The van der Waals surface area contributed by atoms with Crippen LogP contribution in [0, 0.1) is 0 Å². The van der Waals surface area contributed by atoms with Crippen molar-refractivity contribution in [1.82, 2.24) is 19.5 Å². The molecule has 0 fully saturated rings. The van der Waals surface area contributed by atoms with Gasteiger partial charge < -0.3 is 15.6 Å². The zero-order chi connectivity index (χ0) is 18.6. The van der Waals surface area contributed by atoms with E-state index in [9.17, 15) is 5.11 Å². The van der Waals surface area contributed by atoms with E-state index in [0.717, 1.165) is 11.1 Å². The summed E-state index contributed by atoms with van der Waals surface area (Å²) in [6.07, 6.45) is 21.5. The third-order valence-electron chi connectivity index (χ3n) is 4.25. The van der Waals surface area contributed by atoms with Crippen LogP contribution in [0.1, 0.15) is 6.23 Å². The molecule has 2 aliphatic rings. The molecule has 0 spiro atoms. The summed E-state index contributed by atoms with van der Waals surface area (Å²) in [6, 6.07) is 0. The van der Waals surface area contributed by atoms with Crippen molar-refractivity contribution in [1.29, 1.82) is 0 Å². The molecule has 0 aliphatic heterocycles. The number of hydrogen-bond acceptors (Lipinski definition) is 6. The number of nitrogens with two attached hydrogens (primary N) is 1. The Morgan fingerprint density at radius 2 is 1.67 bits per heavy atom. The number of fused-ring (bicyclic) bond motifs is 1. The second-order valence-corrected chi connectivity index (χ2v) is 6.10. The molecule has 2 heterocycles. The number of aromatic nitrogens is 4. The molecular formula is C20H19N5O2. The Kier molecular flexibility index (Phi) is 4.78. The maximum atomic E-state index is 9.81. The zero-order valence-corrected chi connectivity index (χ0v) is 14.5. The molecule has 0 amide bonds. The topological polar surface area (TPSA) is 99.1 Å². The SMILES string of the molecule is Nc1ncnc2c1ncn2C(C=C1C=CC=C1)OC(C=C1C=CC=C1)CO. The van der Waals surface area contributed by atoms with Crippen LogP contribution in [0.25, 0.3) is 11.2 Å². The number of ether oxygens (including phenoxy) is 1. The van der Waals surface area contributed by atoms with E-state index in [1.165, 1.54) is 6.33 Å². The molecule has 2 atom stereocenters. The summed E-state index contributed by atoms with van der Waals surface area (Å²) in [6.45, 7) is -0.152. The number of nitrogen functional groups attached to an aromatic ring is 1. The molecule has 2 aliphatic carbocycles. The standard InChI is InChI=1S/C20H19N5O2/c21-19-18-20(23-12-22-19)25(13-24-18)17(10-15-7-3-4-8-15)27-16(11-26)9-14-5-1-2-6-14/h1-10,12-13,16-17,26H,11H2,(H2,21,22,23). The number of nitrogens with zero attached hydrogens (tertiary/aromatic N) is 4. The molecule has 0 saturated heterocycles. The molecule has 0 bridgehead atoms. The summed E-state index contributed by atoms with van der Waals surface area (Å²) in [5.41, 5.74) is 8.97. The molecule has 4 rings (SSSR count). The van der Waals surface area contributed by atoms with Gasteiger partial charge in [0, 0.05) is 0 Å². The molecule has 2 unspecified atom stereocenters. The van der Waals surface area contributed by atoms with Gasteiger partial charge in [-0.15, -0.1) is 0 Å². The minimum absolute atomic E-state index is 0.152. The highest BCUT2D eigenvalue weighted by Gasteiger charge is 2.19. The first-order chi connectivity index (χ1) is 13.2. The van der Waals surface area contributed by atoms with Crippen LogP contribution in [0.5, 0.6) is 0 Å². The van der Waals surface area contributed by atoms with Gasteiger partial charge in [-0.3, -0.25) is 4.57 Å². The van der Waals surface area contributed by atoms with Crippen LogP contribution in [0.4, 0.5) is 5.82 Å². The summed E-state index contributed by atoms with van der Waals surface area (Å²) in [4.78, 5) is 12.6. The van der Waals surface area contributed by atoms with E-state index < -0.39 is 12.3 Å². The van der Waals surface area contributed by atoms with E-state index in [1.54, 1.807) is 10.9 Å². The van der Waals surface area contributed by atoms with Crippen molar-refractivity contribution < 1.29 is 9.84 Å². The maximum Gasteiger partial charge on any atom is 0.167 e. The second-order valence-electron chi connectivity index (χ2n) is 6.10. The monoisotopic (exact) mass is 361 g/mol. The first kappa shape index (κ1) is 17.1. The van der Waals surface area contributed by atoms with Gasteiger partial charge in [-0.25, -0.2) is 15.0 Å². The first-order valence-electron chi connectivity index (χ1n) is 8.57. The third kappa shape index (κ3) is 3.64. The summed E-state index contributed by atoms with van der Waals surface area (Å²) < 4.78 is 7.98. The molecule has 136 valence electrons. The maximum absolute atomic E-state index is 9.81. The van der Waals surface area contributed by atoms with Gasteiger partial charge in [0.2, 0.25) is 0 Å². The summed E-state index contributed by atoms with van der Waals surface area (Å²) in [5, 5.41) is 9.81. The molecule has 7 heteroatoms. The molecule has 2 aromatic rings. The van der Waals surface area contributed by atoms with Crippen LogP contribution in [0.2, 0.25) is 0 Å². The van der Waals surface area contributed by atoms with E-state index >= 15 is 0 Å². The Morgan fingerprint density at radius 1 is 1.00 bits per heavy atom. The van der Waals surface area contributed by atoms with Gasteiger partial charge in [-0.1, -0.05) is 48.6 Å². The van der Waals surface area contributed by atoms with Crippen LogP contribution < -0.4 is 5.73 Å². The van der Waals surface area contributed by atoms with Crippen molar-refractivity contribution in [3.63, 3.8) is 0 Å². The van der Waals surface area contributed by atoms with Gasteiger partial charge in [-0.05, 0) is 23.3 Å². The van der Waals surface area contributed by atoms with Crippen molar-refractivity contribution in [2.45, 2.75) is 12.3 Å². The van der Waals surface area contributed by atoms with Gasteiger partial charge in [-0.2, -0.15) is 0 Å². The summed E-state index contributed by atoms with van der Waals surface area (Å²) in [5.74, 6) is 0.313. The molecule has 7 nitrogen and oxygen atoms in total. The molecule has 27 heavy (non-hydrogen) atoms. The lowest BCUT2D eigenvalue weighted by Gasteiger charge is -2.21. The fraction of sp³-hybridized carbons (Fsp3) is 0.150. The molecular weight excluding hydrogens is 342 g/mol. The van der Waals surface area contributed by atoms with Crippen LogP contribution in [0.15, 0.2) is 84.6 Å². The first-order valence-corrected chi connectivity index (χ1v) is 8.57. The smallest absolute Gasteiger partial charge is 0.167 e. The minimum Gasteiger partial charge on any atom is -0.393 e. The lowest BCUT2D eigenvalue weighted by atomic mass is 10.2. The summed E-state index contributed by atoms with van der Waals surface area (Å²) in [7, 11) is 0. The predicted octanol–water partition coefficient (Wildman–Crippen LogP) is 2.39. The van der Waals surface area contributed by atoms with Gasteiger partial charge in [0.1, 0.15) is 17.9 Å². The van der Waals surface area contributed by atoms with Crippen molar-refractivity contribution >= 4 is 17.0 Å². The van der Waals surface area contributed by atoms with Crippen LogP contribution in [-0.4, -0.2) is 37.3 Å². The number of aliphatic hydroxyl groups is 1. The van der Waals surface area contributed by atoms with E-state index in [1.807, 2.05) is 60.8 Å². The second kappa shape index (κ2) is 7.53. The lowest BCUT2D eigenvalue weighted by molar-refractivity contribution is -0.0246. The summed E-state index contributed by atoms with van der Waals surface area (Å²) >= 11 is 0. The Hall–Kier alpha value is -3.29. The van der Waals surface area contributed by atoms with Crippen LogP contribution >= 0.6 is 0 Å². The molecule has 0 radical (unpaired) electrons. The van der Waals surface area contributed by atoms with Crippen molar-refractivity contribution in [3.05, 3.63) is 84.6 Å². The quantitative estimate of drug-likeness (QED) is 0.820. The molecule has 2 aromatic heterocycles. The predicted molar refractivity (Wildman–Crippen MR) is 103 cm³/mol. The molecule has 3 N–H and O–H groups in total. The zero-order valence-electron chi connectivity index (χ0n) is 14.5. The van der Waals surface area contributed by atoms with E-state index in [-0.39, 0.29) is 6.61 Å². The normalized spacial score (nSPS) is 17.2. The van der Waals surface area contributed by atoms with Gasteiger partial charge in [0.15, 0.2) is 17.7 Å². The van der Waals surface area contributed by atoms with Crippen molar-refractivity contribution in [3.8, 4) is 0 Å². The van der Waals surface area contributed by atoms with Gasteiger partial charge in [0.05, 0.1) is 12.9 Å². The van der Waals surface area contributed by atoms with Gasteiger partial charge >= 0.3 is 0 Å². The minimum atomic E-state index is -0.532. The van der Waals surface area contributed by atoms with Crippen molar-refractivity contribution in [2.24, 2.45) is 0 Å². The lowest BCUT2D eigenvalue weighted by Crippen LogP contribution is -2.22. The average Bonchev–Trinajstić information content (AvgIpc) is 3.42. The fourth-order valence-electron chi connectivity index (χ4n) is 2.93. The molecule has 0 saturated carbocycles. The largest absolute Gasteiger partial charge is 0.393 e. The Morgan fingerprint density at radius 3 is 2.33 bits per heavy atom. The molecule has 0 aromatic carbocycles. The Labute approximate surface area is 156 Å². The Bertz CT molecular complexity index is 998. The highest BCUT2D eigenvalue weighted by molar-refractivity contribution is 5.81. The number of imidazole rings is 1. The van der Waals surface area contributed by atoms with E-state index in [4.69, 9.17) is 10.5 Å². The van der Waals surface area contributed by atoms with Gasteiger partial charge in [0.25, 0.3) is 0 Å². The fourth-order valence-corrected chi connectivity index (χ4v) is 2.93.